The molecule has 1 saturated heterocycles. The molecular formula is C28H28ClN5O4. The number of amides is 2. The first-order chi connectivity index (χ1) is 18.5. The van der Waals surface area contributed by atoms with Gasteiger partial charge in [-0.3, -0.25) is 4.90 Å². The smallest absolute Gasteiger partial charge is 0.319 e. The average molecular weight is 534 g/mol. The minimum atomic E-state index is -0.244. The SMILES string of the molecule is COc1cc2ncnc(Oc3ccc(NC(=O)NC4CCN(Cc5ccccc5Cl)C4)cc3)c2cc1OC. The number of likely N-dealkylation sites (tertiary alicyclic amines) is 1. The predicted molar refractivity (Wildman–Crippen MR) is 146 cm³/mol. The second-order valence-corrected chi connectivity index (χ2v) is 9.35. The van der Waals surface area contributed by atoms with E-state index in [0.29, 0.717) is 39.7 Å². The Balaban J connectivity index is 1.17. The summed E-state index contributed by atoms with van der Waals surface area (Å²) in [6.45, 7) is 2.44. The number of benzene rings is 3. The van der Waals surface area contributed by atoms with Crippen molar-refractivity contribution in [2.45, 2.75) is 19.0 Å². The van der Waals surface area contributed by atoms with Gasteiger partial charge < -0.3 is 24.8 Å². The average Bonchev–Trinajstić information content (AvgIpc) is 3.36. The summed E-state index contributed by atoms with van der Waals surface area (Å²) in [6.07, 6.45) is 2.32. The molecule has 1 unspecified atom stereocenters. The molecule has 1 fully saturated rings. The van der Waals surface area contributed by atoms with Crippen LogP contribution >= 0.6 is 11.6 Å². The van der Waals surface area contributed by atoms with Gasteiger partial charge in [-0.15, -0.1) is 0 Å². The first-order valence-electron chi connectivity index (χ1n) is 12.2. The number of hydrogen-bond acceptors (Lipinski definition) is 7. The van der Waals surface area contributed by atoms with Gasteiger partial charge in [0.15, 0.2) is 11.5 Å². The lowest BCUT2D eigenvalue weighted by atomic mass is 10.2. The highest BCUT2D eigenvalue weighted by molar-refractivity contribution is 6.31. The summed E-state index contributed by atoms with van der Waals surface area (Å²) >= 11 is 6.29. The lowest BCUT2D eigenvalue weighted by molar-refractivity contribution is 0.247. The van der Waals surface area contributed by atoms with Crippen LogP contribution in [0.5, 0.6) is 23.1 Å². The maximum Gasteiger partial charge on any atom is 0.319 e. The van der Waals surface area contributed by atoms with Gasteiger partial charge in [-0.2, -0.15) is 0 Å². The van der Waals surface area contributed by atoms with Crippen molar-refractivity contribution in [3.05, 3.63) is 77.6 Å². The van der Waals surface area contributed by atoms with E-state index in [9.17, 15) is 4.79 Å². The van der Waals surface area contributed by atoms with Crippen molar-refractivity contribution < 1.29 is 19.0 Å². The Bertz CT molecular complexity index is 1430. The molecule has 5 rings (SSSR count). The van der Waals surface area contributed by atoms with Gasteiger partial charge in [0.25, 0.3) is 0 Å². The van der Waals surface area contributed by atoms with Crippen LogP contribution in [0.15, 0.2) is 67.0 Å². The van der Waals surface area contributed by atoms with E-state index in [1.807, 2.05) is 24.3 Å². The zero-order valence-corrected chi connectivity index (χ0v) is 21.9. The van der Waals surface area contributed by atoms with Gasteiger partial charge in [0, 0.05) is 42.5 Å². The van der Waals surface area contributed by atoms with Crippen LogP contribution < -0.4 is 24.8 Å². The molecule has 3 aromatic carbocycles. The number of urea groups is 1. The van der Waals surface area contributed by atoms with Crippen LogP contribution in [0.25, 0.3) is 10.9 Å². The number of fused-ring (bicyclic) bond motifs is 1. The lowest BCUT2D eigenvalue weighted by Gasteiger charge is -2.17. The fourth-order valence-corrected chi connectivity index (χ4v) is 4.67. The third-order valence-corrected chi connectivity index (χ3v) is 6.76. The number of halogens is 1. The van der Waals surface area contributed by atoms with E-state index in [4.69, 9.17) is 25.8 Å². The van der Waals surface area contributed by atoms with Crippen molar-refractivity contribution in [1.82, 2.24) is 20.2 Å². The van der Waals surface area contributed by atoms with Crippen molar-refractivity contribution in [2.24, 2.45) is 0 Å². The Morgan fingerprint density at radius 1 is 1.05 bits per heavy atom. The molecule has 2 amide bonds. The quantitative estimate of drug-likeness (QED) is 0.309. The molecule has 196 valence electrons. The van der Waals surface area contributed by atoms with Crippen LogP contribution in [0, 0.1) is 0 Å². The summed E-state index contributed by atoms with van der Waals surface area (Å²) in [5, 5.41) is 7.40. The molecule has 0 saturated carbocycles. The second kappa shape index (κ2) is 11.5. The maximum absolute atomic E-state index is 12.6. The standard InChI is InChI=1S/C28H28ClN5O4/c1-36-25-13-22-24(14-26(25)37-2)30-17-31-27(22)38-21-9-7-19(8-10-21)32-28(35)33-20-11-12-34(16-20)15-18-5-3-4-6-23(18)29/h3-10,13-14,17,20H,11-12,15-16H2,1-2H3,(H2,32,33,35). The van der Waals surface area contributed by atoms with E-state index in [-0.39, 0.29) is 12.1 Å². The van der Waals surface area contributed by atoms with Gasteiger partial charge in [0.2, 0.25) is 5.88 Å². The molecule has 1 aliphatic heterocycles. The van der Waals surface area contributed by atoms with Crippen LogP contribution in [-0.2, 0) is 6.54 Å². The fraction of sp³-hybridized carbons (Fsp3) is 0.250. The van der Waals surface area contributed by atoms with Crippen molar-refractivity contribution in [3.8, 4) is 23.1 Å². The minimum Gasteiger partial charge on any atom is -0.493 e. The first kappa shape index (κ1) is 25.6. The van der Waals surface area contributed by atoms with E-state index < -0.39 is 0 Å². The van der Waals surface area contributed by atoms with Gasteiger partial charge in [0.05, 0.1) is 25.1 Å². The van der Waals surface area contributed by atoms with Gasteiger partial charge >= 0.3 is 6.03 Å². The number of rotatable bonds is 8. The van der Waals surface area contributed by atoms with Gasteiger partial charge in [-0.1, -0.05) is 29.8 Å². The third-order valence-electron chi connectivity index (χ3n) is 6.39. The predicted octanol–water partition coefficient (Wildman–Crippen LogP) is 5.49. The molecule has 1 atom stereocenters. The number of anilines is 1. The number of carbonyl (C=O) groups excluding carboxylic acids is 1. The number of nitrogens with one attached hydrogen (secondary N) is 2. The monoisotopic (exact) mass is 533 g/mol. The Hall–Kier alpha value is -4.08. The molecule has 1 aromatic heterocycles. The Morgan fingerprint density at radius 3 is 2.58 bits per heavy atom. The van der Waals surface area contributed by atoms with Crippen molar-refractivity contribution in [2.75, 3.05) is 32.6 Å². The van der Waals surface area contributed by atoms with Crippen LogP contribution in [0.1, 0.15) is 12.0 Å². The molecule has 0 bridgehead atoms. The van der Waals surface area contributed by atoms with E-state index in [0.717, 1.165) is 36.6 Å². The summed E-state index contributed by atoms with van der Waals surface area (Å²) in [4.78, 5) is 23.5. The zero-order valence-electron chi connectivity index (χ0n) is 21.1. The van der Waals surface area contributed by atoms with Crippen LogP contribution in [0.4, 0.5) is 10.5 Å². The Morgan fingerprint density at radius 2 is 1.82 bits per heavy atom. The highest BCUT2D eigenvalue weighted by atomic mass is 35.5. The topological polar surface area (TPSA) is 97.8 Å². The number of nitrogens with zero attached hydrogens (tertiary/aromatic N) is 3. The number of hydrogen-bond donors (Lipinski definition) is 2. The normalized spacial score (nSPS) is 15.3. The summed E-state index contributed by atoms with van der Waals surface area (Å²) in [5.41, 5.74) is 2.41. The number of carbonyl (C=O) groups is 1. The second-order valence-electron chi connectivity index (χ2n) is 8.94. The minimum absolute atomic E-state index is 0.0711. The van der Waals surface area contributed by atoms with Crippen LogP contribution in [0.2, 0.25) is 5.02 Å². The highest BCUT2D eigenvalue weighted by Gasteiger charge is 2.24. The van der Waals surface area contributed by atoms with E-state index in [1.54, 1.807) is 50.6 Å². The molecule has 1 aliphatic rings. The molecular weight excluding hydrogens is 506 g/mol. The Kier molecular flexibility index (Phi) is 7.76. The molecule has 38 heavy (non-hydrogen) atoms. The van der Waals surface area contributed by atoms with Crippen LogP contribution in [-0.4, -0.2) is 54.2 Å². The van der Waals surface area contributed by atoms with Crippen molar-refractivity contribution in [3.63, 3.8) is 0 Å². The van der Waals surface area contributed by atoms with E-state index in [2.05, 4.69) is 25.5 Å². The van der Waals surface area contributed by atoms with E-state index in [1.165, 1.54) is 6.33 Å². The number of aromatic nitrogens is 2. The summed E-state index contributed by atoms with van der Waals surface area (Å²) < 4.78 is 16.8. The highest BCUT2D eigenvalue weighted by Crippen LogP contribution is 2.35. The molecule has 2 N–H and O–H groups in total. The molecule has 9 nitrogen and oxygen atoms in total. The molecule has 10 heteroatoms. The van der Waals surface area contributed by atoms with Crippen LogP contribution in [0.3, 0.4) is 0 Å². The lowest BCUT2D eigenvalue weighted by Crippen LogP contribution is -2.39. The number of ether oxygens (including phenoxy) is 3. The summed E-state index contributed by atoms with van der Waals surface area (Å²) in [6, 6.07) is 18.3. The third kappa shape index (κ3) is 5.90. The largest absolute Gasteiger partial charge is 0.493 e. The van der Waals surface area contributed by atoms with Crippen molar-refractivity contribution in [1.29, 1.82) is 0 Å². The summed E-state index contributed by atoms with van der Waals surface area (Å²) in [7, 11) is 3.14. The molecule has 2 heterocycles. The maximum atomic E-state index is 12.6. The molecule has 4 aromatic rings. The van der Waals surface area contributed by atoms with Gasteiger partial charge in [-0.25, -0.2) is 14.8 Å². The molecule has 0 spiro atoms. The first-order valence-corrected chi connectivity index (χ1v) is 12.6. The Labute approximate surface area is 225 Å². The summed E-state index contributed by atoms with van der Waals surface area (Å²) in [5.74, 6) is 2.08. The zero-order chi connectivity index (χ0) is 26.5. The number of methoxy groups -OCH3 is 2. The molecule has 0 aliphatic carbocycles. The van der Waals surface area contributed by atoms with Crippen molar-refractivity contribution >= 4 is 34.2 Å². The van der Waals surface area contributed by atoms with Gasteiger partial charge in [-0.05, 0) is 48.4 Å². The fourth-order valence-electron chi connectivity index (χ4n) is 4.47. The van der Waals surface area contributed by atoms with Gasteiger partial charge in [0.1, 0.15) is 12.1 Å². The van der Waals surface area contributed by atoms with E-state index >= 15 is 0 Å². The molecule has 0 radical (unpaired) electrons.